The molecule has 1 rings (SSSR count). The van der Waals surface area contributed by atoms with Crippen LogP contribution in [-0.4, -0.2) is 6.70 Å². The molecule has 12 heavy (non-hydrogen) atoms. The van der Waals surface area contributed by atoms with Crippen molar-refractivity contribution in [3.63, 3.8) is 0 Å². The van der Waals surface area contributed by atoms with Crippen molar-refractivity contribution in [3.05, 3.63) is 30.3 Å². The third-order valence-corrected chi connectivity index (χ3v) is 1.38. The number of hydrogen-bond donors (Lipinski definition) is 0. The Morgan fingerprint density at radius 1 is 1.17 bits per heavy atom. The van der Waals surface area contributed by atoms with Gasteiger partial charge in [0.1, 0.15) is 0 Å². The van der Waals surface area contributed by atoms with Crippen LogP contribution in [0.4, 0.5) is 8.63 Å². The summed E-state index contributed by atoms with van der Waals surface area (Å²) in [5.41, 5.74) is -0.199. The second kappa shape index (κ2) is 4.31. The Kier molecular flexibility index (Phi) is 4.03. The van der Waals surface area contributed by atoms with Crippen molar-refractivity contribution >= 4 is 12.2 Å². The fourth-order valence-corrected chi connectivity index (χ4v) is 0.769. The van der Waals surface area contributed by atoms with Crippen molar-refractivity contribution in [3.8, 4) is 5.97 Å². The Labute approximate surface area is 81.6 Å². The average Bonchev–Trinajstić information content (AvgIpc) is 2.06. The van der Waals surface area contributed by atoms with Crippen molar-refractivity contribution in [1.29, 1.82) is 5.26 Å². The van der Waals surface area contributed by atoms with Crippen LogP contribution in [0.5, 0.6) is 0 Å². The third-order valence-electron chi connectivity index (χ3n) is 1.38. The van der Waals surface area contributed by atoms with Gasteiger partial charge in [-0.3, -0.25) is 0 Å². The number of hydrogen-bond acceptors (Lipinski definition) is 1. The molecule has 0 unspecified atom stereocenters. The number of nitrogens with zero attached hydrogens (tertiary/aromatic N) is 1. The molecular weight excluding hydrogens is 154 g/mol. The van der Waals surface area contributed by atoms with Gasteiger partial charge < -0.3 is 8.63 Å². The Morgan fingerprint density at radius 3 is 2.08 bits per heavy atom. The largest absolute Gasteiger partial charge is 1.00 e. The van der Waals surface area contributed by atoms with Gasteiger partial charge in [0.25, 0.3) is 0 Å². The molecule has 0 amide bonds. The summed E-state index contributed by atoms with van der Waals surface area (Å²) in [5, 5.41) is 8.08. The third kappa shape index (κ3) is 2.37. The van der Waals surface area contributed by atoms with Crippen LogP contribution >= 0.6 is 0 Å². The minimum atomic E-state index is -3.98. The molecule has 0 saturated heterocycles. The Hall–Kier alpha value is -0.768. The van der Waals surface area contributed by atoms with Gasteiger partial charge in [-0.1, -0.05) is 36.3 Å². The van der Waals surface area contributed by atoms with E-state index in [4.69, 9.17) is 5.26 Å². The molecule has 0 aromatic heterocycles. The van der Waals surface area contributed by atoms with Gasteiger partial charge in [0, 0.05) is 0 Å². The molecule has 1 nitrogen and oxygen atoms in total. The Morgan fingerprint density at radius 2 is 1.67 bits per heavy atom. The molecule has 56 valence electrons. The Balaban J connectivity index is 0.00000121. The van der Waals surface area contributed by atoms with E-state index in [0.717, 1.165) is 5.97 Å². The van der Waals surface area contributed by atoms with Crippen LogP contribution in [0.15, 0.2) is 30.3 Å². The van der Waals surface area contributed by atoms with E-state index in [2.05, 4.69) is 0 Å². The zero-order valence-electron chi connectivity index (χ0n) is 6.67. The van der Waals surface area contributed by atoms with Crippen molar-refractivity contribution in [2.24, 2.45) is 0 Å². The van der Waals surface area contributed by atoms with Gasteiger partial charge in [-0.15, -0.1) is 5.46 Å². The first-order valence-electron chi connectivity index (χ1n) is 3.15. The maximum absolute atomic E-state index is 12.6. The van der Waals surface area contributed by atoms with Crippen LogP contribution in [0.1, 0.15) is 0 Å². The van der Waals surface area contributed by atoms with Crippen molar-refractivity contribution in [1.82, 2.24) is 0 Å². The van der Waals surface area contributed by atoms with E-state index in [1.807, 2.05) is 0 Å². The minimum Gasteiger partial charge on any atom is -0.461 e. The predicted octanol–water partition coefficient (Wildman–Crippen LogP) is -1.66. The topological polar surface area (TPSA) is 23.8 Å². The van der Waals surface area contributed by atoms with Crippen LogP contribution in [0.25, 0.3) is 0 Å². The number of benzene rings is 1. The van der Waals surface area contributed by atoms with Crippen LogP contribution in [0.3, 0.4) is 0 Å². The monoisotopic (exact) mass is 159 g/mol. The van der Waals surface area contributed by atoms with E-state index in [-0.39, 0.29) is 24.3 Å². The zero-order chi connectivity index (χ0) is 8.32. The van der Waals surface area contributed by atoms with Gasteiger partial charge in [0.2, 0.25) is 0 Å². The summed E-state index contributed by atoms with van der Waals surface area (Å²) in [5.74, 6) is 0.987. The molecule has 1 aromatic rings. The minimum absolute atomic E-state index is 0. The quantitative estimate of drug-likeness (QED) is 0.450. The average molecular weight is 159 g/mol. The normalized spacial score (nSPS) is 9.75. The van der Waals surface area contributed by atoms with E-state index in [0.29, 0.717) is 0 Å². The molecule has 0 aliphatic carbocycles. The second-order valence-corrected chi connectivity index (χ2v) is 2.20. The van der Waals surface area contributed by atoms with Gasteiger partial charge in [-0.05, 0) is 0 Å². The van der Waals surface area contributed by atoms with E-state index in [1.54, 1.807) is 6.07 Å². The molecule has 0 aliphatic rings. The summed E-state index contributed by atoms with van der Waals surface area (Å²) < 4.78 is 25.2. The fraction of sp³-hybridized carbons (Fsp3) is 0. The summed E-state index contributed by atoms with van der Waals surface area (Å²) in [6.07, 6.45) is 0. The molecule has 0 atom stereocenters. The van der Waals surface area contributed by atoms with Crippen LogP contribution in [0, 0.1) is 11.2 Å². The summed E-state index contributed by atoms with van der Waals surface area (Å²) in [7, 11) is 0. The van der Waals surface area contributed by atoms with Gasteiger partial charge in [-0.25, -0.2) is 5.26 Å². The van der Waals surface area contributed by atoms with E-state index < -0.39 is 6.70 Å². The van der Waals surface area contributed by atoms with Crippen molar-refractivity contribution in [2.75, 3.05) is 0 Å². The van der Waals surface area contributed by atoms with Gasteiger partial charge in [0.15, 0.2) is 0 Å². The molecule has 0 spiro atoms. The first kappa shape index (κ1) is 11.2. The van der Waals surface area contributed by atoms with Crippen LogP contribution in [0.2, 0.25) is 0 Å². The van der Waals surface area contributed by atoms with Crippen LogP contribution < -0.4 is 24.3 Å². The summed E-state index contributed by atoms with van der Waals surface area (Å²) in [4.78, 5) is 0. The standard InChI is InChI=1S/C7H5BF2N.Li/c9-8(10,6-11)7-4-2-1-3-5-7;/h1-5H;/q-1;+1. The molecule has 0 aliphatic heterocycles. The molecule has 5 heteroatoms. The Bertz CT molecular complexity index is 283. The van der Waals surface area contributed by atoms with Gasteiger partial charge >= 0.3 is 25.6 Å². The van der Waals surface area contributed by atoms with Crippen molar-refractivity contribution < 1.29 is 27.5 Å². The van der Waals surface area contributed by atoms with Gasteiger partial charge in [0.05, 0.1) is 0 Å². The van der Waals surface area contributed by atoms with E-state index in [9.17, 15) is 8.63 Å². The summed E-state index contributed by atoms with van der Waals surface area (Å²) >= 11 is 0. The maximum atomic E-state index is 12.6. The van der Waals surface area contributed by atoms with Gasteiger partial charge in [-0.2, -0.15) is 0 Å². The van der Waals surface area contributed by atoms with E-state index in [1.165, 1.54) is 24.3 Å². The number of rotatable bonds is 1. The molecule has 0 fully saturated rings. The molecule has 0 bridgehead atoms. The van der Waals surface area contributed by atoms with Crippen LogP contribution in [-0.2, 0) is 0 Å². The summed E-state index contributed by atoms with van der Waals surface area (Å²) in [6.45, 7) is -3.98. The first-order chi connectivity index (χ1) is 5.17. The molecule has 0 saturated carbocycles. The smallest absolute Gasteiger partial charge is 0.461 e. The first-order valence-corrected chi connectivity index (χ1v) is 3.15. The second-order valence-electron chi connectivity index (χ2n) is 2.20. The zero-order valence-corrected chi connectivity index (χ0v) is 6.67. The predicted molar refractivity (Wildman–Crippen MR) is 39.7 cm³/mol. The molecule has 0 radical (unpaired) electrons. The van der Waals surface area contributed by atoms with Crippen molar-refractivity contribution in [2.45, 2.75) is 0 Å². The SMILES string of the molecule is N#C[B-](F)(F)c1ccccc1.[Li+]. The number of nitriles is 1. The summed E-state index contributed by atoms with van der Waals surface area (Å²) in [6, 6.07) is 7.12. The van der Waals surface area contributed by atoms with E-state index >= 15 is 0 Å². The molecule has 0 N–H and O–H groups in total. The number of halogens is 2. The molecule has 0 heterocycles. The maximum Gasteiger partial charge on any atom is 1.00 e. The fourth-order valence-electron chi connectivity index (χ4n) is 0.769. The molecular formula is C7H5BF2LiN. The molecule has 1 aromatic carbocycles.